The van der Waals surface area contributed by atoms with Gasteiger partial charge in [0.2, 0.25) is 5.91 Å². The van der Waals surface area contributed by atoms with Gasteiger partial charge in [-0.2, -0.15) is 0 Å². The second-order valence-electron chi connectivity index (χ2n) is 7.80. The van der Waals surface area contributed by atoms with E-state index in [1.165, 1.54) is 35.0 Å². The minimum absolute atomic E-state index is 0.00184. The summed E-state index contributed by atoms with van der Waals surface area (Å²) >= 11 is 6.16. The Balaban J connectivity index is 1.64. The van der Waals surface area contributed by atoms with Gasteiger partial charge in [0.25, 0.3) is 11.5 Å². The molecule has 1 N–H and O–H groups in total. The molecule has 0 aliphatic carbocycles. The first-order valence-corrected chi connectivity index (χ1v) is 10.9. The number of aromatic nitrogens is 3. The van der Waals surface area contributed by atoms with E-state index in [9.17, 15) is 33.1 Å². The van der Waals surface area contributed by atoms with Crippen molar-refractivity contribution in [3.63, 3.8) is 0 Å². The van der Waals surface area contributed by atoms with Crippen molar-refractivity contribution in [3.8, 4) is 5.75 Å². The van der Waals surface area contributed by atoms with E-state index >= 15 is 0 Å². The molecule has 0 aliphatic heterocycles. The molecule has 12 heteroatoms. The van der Waals surface area contributed by atoms with Crippen LogP contribution < -0.4 is 16.0 Å². The van der Waals surface area contributed by atoms with Crippen molar-refractivity contribution in [2.45, 2.75) is 20.1 Å². The Hall–Kier alpha value is -4.09. The molecule has 0 atom stereocenters. The van der Waals surface area contributed by atoms with Crippen LogP contribution in [0.1, 0.15) is 27.6 Å². The molecule has 0 unspecified atom stereocenters. The number of hydrogen-bond donors (Lipinski definition) is 1. The minimum atomic E-state index is -0.945. The van der Waals surface area contributed by atoms with E-state index < -0.39 is 41.3 Å². The summed E-state index contributed by atoms with van der Waals surface area (Å²) in [5, 5.41) is 8.98. The molecule has 2 aromatic heterocycles. The highest BCUT2D eigenvalue weighted by Crippen LogP contribution is 2.23. The number of carbonyl (C=O) groups excluding carboxylic acids is 2. The van der Waals surface area contributed by atoms with Crippen LogP contribution in [-0.2, 0) is 13.2 Å². The molecule has 0 saturated heterocycles. The molecular weight excluding hydrogens is 500 g/mol. The maximum Gasteiger partial charge on any atom is 0.342 e. The van der Waals surface area contributed by atoms with Gasteiger partial charge in [-0.1, -0.05) is 17.7 Å². The number of imidazole rings is 1. The summed E-state index contributed by atoms with van der Waals surface area (Å²) in [6, 6.07) is 8.89. The van der Waals surface area contributed by atoms with Crippen molar-refractivity contribution >= 4 is 34.4 Å². The summed E-state index contributed by atoms with van der Waals surface area (Å²) in [7, 11) is 0. The molecule has 4 aromatic rings. The summed E-state index contributed by atoms with van der Waals surface area (Å²) in [5.41, 5.74) is -0.715. The molecule has 4 rings (SSSR count). The number of rotatable bonds is 6. The van der Waals surface area contributed by atoms with Gasteiger partial charge in [-0.05, 0) is 35.9 Å². The molecule has 2 aromatic carbocycles. The van der Waals surface area contributed by atoms with Crippen molar-refractivity contribution in [1.29, 1.82) is 0 Å². The van der Waals surface area contributed by atoms with Crippen LogP contribution in [-0.4, -0.2) is 37.2 Å². The fourth-order valence-electron chi connectivity index (χ4n) is 3.71. The standard InChI is InChI=1S/C24H18ClF2N3O6/c1-13(32)29-18-5-2-14(8-19(18)30(24(29)35)21(33)11-31)10-28-7-6-20(22(25)23(28)34)36-12-15-3-4-16(26)9-17(15)27/h2-9,31H,10-12H2,1H3. The zero-order chi connectivity index (χ0) is 26.1. The molecule has 0 saturated carbocycles. The highest BCUT2D eigenvalue weighted by molar-refractivity contribution is 6.31. The van der Waals surface area contributed by atoms with Crippen LogP contribution in [0.25, 0.3) is 11.0 Å². The largest absolute Gasteiger partial charge is 0.487 e. The summed E-state index contributed by atoms with van der Waals surface area (Å²) in [6.45, 7) is -0.0821. The third kappa shape index (κ3) is 4.58. The van der Waals surface area contributed by atoms with E-state index in [0.29, 0.717) is 16.2 Å². The van der Waals surface area contributed by atoms with E-state index in [1.807, 2.05) is 0 Å². The number of hydrogen-bond acceptors (Lipinski definition) is 6. The number of pyridine rings is 1. The zero-order valence-electron chi connectivity index (χ0n) is 18.7. The first kappa shape index (κ1) is 25.0. The Morgan fingerprint density at radius 2 is 1.78 bits per heavy atom. The fraction of sp³-hybridized carbons (Fsp3) is 0.167. The van der Waals surface area contributed by atoms with Crippen LogP contribution >= 0.6 is 11.6 Å². The van der Waals surface area contributed by atoms with Gasteiger partial charge >= 0.3 is 5.69 Å². The van der Waals surface area contributed by atoms with Gasteiger partial charge in [-0.15, -0.1) is 0 Å². The van der Waals surface area contributed by atoms with Crippen LogP contribution in [0.4, 0.5) is 8.78 Å². The molecular formula is C24H18ClF2N3O6. The number of carbonyl (C=O) groups is 2. The van der Waals surface area contributed by atoms with Crippen molar-refractivity contribution in [2.24, 2.45) is 0 Å². The van der Waals surface area contributed by atoms with Gasteiger partial charge < -0.3 is 14.4 Å². The van der Waals surface area contributed by atoms with Crippen LogP contribution in [0, 0.1) is 11.6 Å². The van der Waals surface area contributed by atoms with E-state index in [2.05, 4.69) is 0 Å². The van der Waals surface area contributed by atoms with Crippen molar-refractivity contribution < 1.29 is 28.2 Å². The second kappa shape index (κ2) is 9.88. The summed E-state index contributed by atoms with van der Waals surface area (Å²) in [6.07, 6.45) is 1.39. The highest BCUT2D eigenvalue weighted by Gasteiger charge is 2.21. The molecule has 9 nitrogen and oxygen atoms in total. The first-order chi connectivity index (χ1) is 17.1. The smallest absolute Gasteiger partial charge is 0.342 e. The Kier molecular flexibility index (Phi) is 6.86. The maximum absolute atomic E-state index is 13.8. The number of benzene rings is 2. The van der Waals surface area contributed by atoms with Gasteiger partial charge in [0.1, 0.15) is 35.6 Å². The van der Waals surface area contributed by atoms with Gasteiger partial charge in [0.15, 0.2) is 0 Å². The zero-order valence-corrected chi connectivity index (χ0v) is 19.5. The van der Waals surface area contributed by atoms with Gasteiger partial charge in [0.05, 0.1) is 17.6 Å². The molecule has 0 spiro atoms. The summed E-state index contributed by atoms with van der Waals surface area (Å²) < 4.78 is 35.1. The number of ether oxygens (including phenoxy) is 1. The lowest BCUT2D eigenvalue weighted by Crippen LogP contribution is -2.32. The van der Waals surface area contributed by atoms with Crippen LogP contribution in [0.2, 0.25) is 5.02 Å². The summed E-state index contributed by atoms with van der Waals surface area (Å²) in [4.78, 5) is 49.5. The summed E-state index contributed by atoms with van der Waals surface area (Å²) in [5.74, 6) is -3.06. The lowest BCUT2D eigenvalue weighted by atomic mass is 10.2. The SMILES string of the molecule is CC(=O)n1c(=O)n(C(=O)CO)c2cc(Cn3ccc(OCc4ccc(F)cc4F)c(Cl)c3=O)ccc21. The van der Waals surface area contributed by atoms with E-state index in [0.717, 1.165) is 17.6 Å². The normalized spacial score (nSPS) is 11.1. The maximum atomic E-state index is 13.8. The molecule has 0 amide bonds. The van der Waals surface area contributed by atoms with E-state index in [4.69, 9.17) is 16.3 Å². The highest BCUT2D eigenvalue weighted by atomic mass is 35.5. The fourth-order valence-corrected chi connectivity index (χ4v) is 3.94. The topological polar surface area (TPSA) is 113 Å². The first-order valence-electron chi connectivity index (χ1n) is 10.5. The van der Waals surface area contributed by atoms with Gasteiger partial charge in [0, 0.05) is 24.8 Å². The molecule has 0 fully saturated rings. The number of aliphatic hydroxyl groups excluding tert-OH is 1. The monoisotopic (exact) mass is 517 g/mol. The predicted octanol–water partition coefficient (Wildman–Crippen LogP) is 2.82. The molecule has 186 valence electrons. The number of fused-ring (bicyclic) bond motifs is 1. The lowest BCUT2D eigenvalue weighted by molar-refractivity contribution is 0.0817. The van der Waals surface area contributed by atoms with E-state index in [1.54, 1.807) is 6.07 Å². The van der Waals surface area contributed by atoms with Crippen LogP contribution in [0.5, 0.6) is 5.75 Å². The van der Waals surface area contributed by atoms with Crippen molar-refractivity contribution in [3.05, 3.63) is 97.3 Å². The molecule has 0 radical (unpaired) electrons. The Morgan fingerprint density at radius 3 is 2.44 bits per heavy atom. The quantitative estimate of drug-likeness (QED) is 0.421. The van der Waals surface area contributed by atoms with Crippen LogP contribution in [0.15, 0.2) is 58.3 Å². The van der Waals surface area contributed by atoms with Crippen molar-refractivity contribution in [2.75, 3.05) is 6.61 Å². The number of aliphatic hydroxyl groups is 1. The molecule has 0 aliphatic rings. The molecule has 2 heterocycles. The Labute approximate surface area is 206 Å². The third-order valence-corrected chi connectivity index (χ3v) is 5.77. The van der Waals surface area contributed by atoms with Crippen LogP contribution in [0.3, 0.4) is 0 Å². The minimum Gasteiger partial charge on any atom is -0.487 e. The molecule has 0 bridgehead atoms. The predicted molar refractivity (Wildman–Crippen MR) is 126 cm³/mol. The number of halogens is 3. The average Bonchev–Trinajstić information content (AvgIpc) is 3.13. The van der Waals surface area contributed by atoms with Crippen molar-refractivity contribution in [1.82, 2.24) is 13.7 Å². The molecule has 36 heavy (non-hydrogen) atoms. The third-order valence-electron chi connectivity index (χ3n) is 5.43. The second-order valence-corrected chi connectivity index (χ2v) is 8.18. The lowest BCUT2D eigenvalue weighted by Gasteiger charge is -2.12. The van der Waals surface area contributed by atoms with Gasteiger partial charge in [-0.3, -0.25) is 14.4 Å². The average molecular weight is 518 g/mol. The van der Waals surface area contributed by atoms with Gasteiger partial charge in [-0.25, -0.2) is 22.7 Å². The Morgan fingerprint density at radius 1 is 1.03 bits per heavy atom. The van der Waals surface area contributed by atoms with E-state index in [-0.39, 0.29) is 40.5 Å². The Bertz CT molecular complexity index is 1640. The number of nitrogens with zero attached hydrogens (tertiary/aromatic N) is 3.